The normalized spacial score (nSPS) is 9.82. The molecule has 0 N–H and O–H groups in total. The predicted molar refractivity (Wildman–Crippen MR) is 66.3 cm³/mol. The molecule has 92 valence electrons. The highest BCUT2D eigenvalue weighted by atomic mass is 79.9. The van der Waals surface area contributed by atoms with Crippen molar-refractivity contribution in [3.05, 3.63) is 28.2 Å². The van der Waals surface area contributed by atoms with E-state index in [1.165, 1.54) is 14.0 Å². The molecule has 1 rings (SSSR count). The Morgan fingerprint density at radius 1 is 1.35 bits per heavy atom. The molecule has 5 heteroatoms. The number of esters is 1. The molecule has 4 nitrogen and oxygen atoms in total. The average Bonchev–Trinajstić information content (AvgIpc) is 2.28. The van der Waals surface area contributed by atoms with Crippen LogP contribution in [0.4, 0.5) is 0 Å². The van der Waals surface area contributed by atoms with Crippen molar-refractivity contribution in [2.24, 2.45) is 0 Å². The third-order valence-corrected chi connectivity index (χ3v) is 2.61. The number of Topliss-reactive ketones (excluding diaryl/α,β-unsaturated/α-hetero) is 1. The SMILES string of the molecule is COC(=O)CCOc1cc(Br)ccc1C(C)=O. The molecule has 0 fully saturated rings. The number of ketones is 1. The molecule has 0 radical (unpaired) electrons. The van der Waals surface area contributed by atoms with E-state index in [0.717, 1.165) is 4.47 Å². The predicted octanol–water partition coefficient (Wildman–Crippen LogP) is 2.59. The van der Waals surface area contributed by atoms with Gasteiger partial charge in [0.25, 0.3) is 0 Å². The number of methoxy groups -OCH3 is 1. The maximum Gasteiger partial charge on any atom is 0.308 e. The molecule has 0 bridgehead atoms. The molecule has 0 saturated carbocycles. The van der Waals surface area contributed by atoms with E-state index in [-0.39, 0.29) is 24.8 Å². The molecule has 17 heavy (non-hydrogen) atoms. The zero-order valence-electron chi connectivity index (χ0n) is 9.66. The summed E-state index contributed by atoms with van der Waals surface area (Å²) in [6, 6.07) is 5.15. The molecule has 0 aliphatic heterocycles. The second-order valence-electron chi connectivity index (χ2n) is 3.37. The molecule has 0 aliphatic rings. The maximum absolute atomic E-state index is 11.3. The summed E-state index contributed by atoms with van der Waals surface area (Å²) in [6.07, 6.45) is 0.153. The standard InChI is InChI=1S/C12H13BrO4/c1-8(14)10-4-3-9(13)7-11(10)17-6-5-12(15)16-2/h3-4,7H,5-6H2,1-2H3. The van der Waals surface area contributed by atoms with Crippen LogP contribution in [0.3, 0.4) is 0 Å². The van der Waals surface area contributed by atoms with Gasteiger partial charge in [0.05, 0.1) is 25.7 Å². The van der Waals surface area contributed by atoms with Gasteiger partial charge in [-0.3, -0.25) is 9.59 Å². The Balaban J connectivity index is 2.72. The van der Waals surface area contributed by atoms with E-state index in [9.17, 15) is 9.59 Å². The fourth-order valence-corrected chi connectivity index (χ4v) is 1.59. The highest BCUT2D eigenvalue weighted by molar-refractivity contribution is 9.10. The molecular weight excluding hydrogens is 288 g/mol. The number of carbonyl (C=O) groups is 2. The first kappa shape index (κ1) is 13.7. The lowest BCUT2D eigenvalue weighted by molar-refractivity contribution is -0.141. The van der Waals surface area contributed by atoms with Gasteiger partial charge < -0.3 is 9.47 Å². The third-order valence-electron chi connectivity index (χ3n) is 2.11. The molecule has 0 spiro atoms. The third kappa shape index (κ3) is 4.19. The summed E-state index contributed by atoms with van der Waals surface area (Å²) in [4.78, 5) is 22.3. The van der Waals surface area contributed by atoms with Crippen LogP contribution >= 0.6 is 15.9 Å². The van der Waals surface area contributed by atoms with Gasteiger partial charge in [-0.05, 0) is 25.1 Å². The van der Waals surface area contributed by atoms with E-state index in [4.69, 9.17) is 4.74 Å². The van der Waals surface area contributed by atoms with Gasteiger partial charge in [0.2, 0.25) is 0 Å². The van der Waals surface area contributed by atoms with Crippen LogP contribution in [0, 0.1) is 0 Å². The van der Waals surface area contributed by atoms with Crippen LogP contribution < -0.4 is 4.74 Å². The number of hydrogen-bond acceptors (Lipinski definition) is 4. The highest BCUT2D eigenvalue weighted by Gasteiger charge is 2.09. The van der Waals surface area contributed by atoms with E-state index < -0.39 is 0 Å². The minimum Gasteiger partial charge on any atom is -0.492 e. The lowest BCUT2D eigenvalue weighted by atomic mass is 10.1. The Morgan fingerprint density at radius 3 is 2.65 bits per heavy atom. The Bertz CT molecular complexity index is 429. The lowest BCUT2D eigenvalue weighted by Gasteiger charge is -2.09. The molecule has 0 amide bonds. The van der Waals surface area contributed by atoms with Crippen molar-refractivity contribution in [3.8, 4) is 5.75 Å². The minimum atomic E-state index is -0.343. The highest BCUT2D eigenvalue weighted by Crippen LogP contribution is 2.24. The van der Waals surface area contributed by atoms with Gasteiger partial charge in [0.15, 0.2) is 5.78 Å². The van der Waals surface area contributed by atoms with Gasteiger partial charge in [-0.1, -0.05) is 15.9 Å². The van der Waals surface area contributed by atoms with E-state index in [1.807, 2.05) is 0 Å². The first-order valence-electron chi connectivity index (χ1n) is 5.04. The summed E-state index contributed by atoms with van der Waals surface area (Å²) in [6.45, 7) is 1.65. The van der Waals surface area contributed by atoms with Crippen molar-refractivity contribution in [2.75, 3.05) is 13.7 Å². The molecular formula is C12H13BrO4. The van der Waals surface area contributed by atoms with Crippen LogP contribution in [0.25, 0.3) is 0 Å². The number of ether oxygens (including phenoxy) is 2. The largest absolute Gasteiger partial charge is 0.492 e. The Hall–Kier alpha value is -1.36. The molecule has 0 atom stereocenters. The van der Waals surface area contributed by atoms with Crippen molar-refractivity contribution in [1.29, 1.82) is 0 Å². The summed E-state index contributed by atoms with van der Waals surface area (Å²) in [7, 11) is 1.32. The zero-order valence-corrected chi connectivity index (χ0v) is 11.2. The summed E-state index contributed by atoms with van der Waals surface area (Å²) < 4.78 is 10.7. The van der Waals surface area contributed by atoms with Crippen LogP contribution in [0.1, 0.15) is 23.7 Å². The molecule has 0 aliphatic carbocycles. The monoisotopic (exact) mass is 300 g/mol. The number of carbonyl (C=O) groups excluding carboxylic acids is 2. The number of halogens is 1. The van der Waals surface area contributed by atoms with Gasteiger partial charge in [-0.2, -0.15) is 0 Å². The molecule has 0 aromatic heterocycles. The summed E-state index contributed by atoms with van der Waals surface area (Å²) >= 11 is 3.30. The van der Waals surface area contributed by atoms with Crippen molar-refractivity contribution < 1.29 is 19.1 Å². The lowest BCUT2D eigenvalue weighted by Crippen LogP contribution is -2.09. The van der Waals surface area contributed by atoms with Crippen LogP contribution in [0.5, 0.6) is 5.75 Å². The van der Waals surface area contributed by atoms with E-state index in [1.54, 1.807) is 18.2 Å². The molecule has 0 saturated heterocycles. The molecule has 1 aromatic carbocycles. The fourth-order valence-electron chi connectivity index (χ4n) is 1.25. The Morgan fingerprint density at radius 2 is 2.06 bits per heavy atom. The van der Waals surface area contributed by atoms with Gasteiger partial charge in [0.1, 0.15) is 5.75 Å². The Kier molecular flexibility index (Phi) is 5.15. The fraction of sp³-hybridized carbons (Fsp3) is 0.333. The summed E-state index contributed by atoms with van der Waals surface area (Å²) in [5, 5.41) is 0. The smallest absolute Gasteiger partial charge is 0.308 e. The van der Waals surface area contributed by atoms with Crippen molar-refractivity contribution in [3.63, 3.8) is 0 Å². The second kappa shape index (κ2) is 6.39. The zero-order chi connectivity index (χ0) is 12.8. The number of benzene rings is 1. The van der Waals surface area contributed by atoms with Crippen LogP contribution in [0.2, 0.25) is 0 Å². The topological polar surface area (TPSA) is 52.6 Å². The van der Waals surface area contributed by atoms with E-state index >= 15 is 0 Å². The van der Waals surface area contributed by atoms with Gasteiger partial charge in [-0.15, -0.1) is 0 Å². The van der Waals surface area contributed by atoms with E-state index in [2.05, 4.69) is 20.7 Å². The molecule has 0 heterocycles. The van der Waals surface area contributed by atoms with Gasteiger partial charge in [-0.25, -0.2) is 0 Å². The van der Waals surface area contributed by atoms with Crippen LogP contribution in [0.15, 0.2) is 22.7 Å². The number of rotatable bonds is 5. The first-order valence-corrected chi connectivity index (χ1v) is 5.84. The van der Waals surface area contributed by atoms with Crippen LogP contribution in [-0.2, 0) is 9.53 Å². The first-order chi connectivity index (χ1) is 8.04. The molecule has 0 unspecified atom stereocenters. The molecule has 1 aromatic rings. The Labute approximate surface area is 108 Å². The average molecular weight is 301 g/mol. The van der Waals surface area contributed by atoms with Gasteiger partial charge >= 0.3 is 5.97 Å². The maximum atomic E-state index is 11.3. The summed E-state index contributed by atoms with van der Waals surface area (Å²) in [5.41, 5.74) is 0.498. The van der Waals surface area contributed by atoms with Gasteiger partial charge in [0, 0.05) is 4.47 Å². The van der Waals surface area contributed by atoms with Crippen molar-refractivity contribution >= 4 is 27.7 Å². The van der Waals surface area contributed by atoms with Crippen molar-refractivity contribution in [2.45, 2.75) is 13.3 Å². The minimum absolute atomic E-state index is 0.0782. The second-order valence-corrected chi connectivity index (χ2v) is 4.29. The summed E-state index contributed by atoms with van der Waals surface area (Å²) in [5.74, 6) is 0.0470. The quantitative estimate of drug-likeness (QED) is 0.619. The van der Waals surface area contributed by atoms with Crippen LogP contribution in [-0.4, -0.2) is 25.5 Å². The van der Waals surface area contributed by atoms with E-state index in [0.29, 0.717) is 11.3 Å². The van der Waals surface area contributed by atoms with Crippen molar-refractivity contribution in [1.82, 2.24) is 0 Å². The number of hydrogen-bond donors (Lipinski definition) is 0.